The maximum Gasteiger partial charge on any atom is 0.573 e. The molecule has 3 N–H and O–H groups in total. The number of rotatable bonds is 5. The Labute approximate surface area is 110 Å². The zero-order valence-electron chi connectivity index (χ0n) is 10.1. The number of ether oxygens (including phenoxy) is 1. The first-order valence-corrected chi connectivity index (χ1v) is 5.46. The van der Waals surface area contributed by atoms with Gasteiger partial charge in [0.05, 0.1) is 6.54 Å². The molecule has 3 nitrogen and oxygen atoms in total. The average Bonchev–Trinajstić information content (AvgIpc) is 2.26. The largest absolute Gasteiger partial charge is 0.573 e. The van der Waals surface area contributed by atoms with E-state index >= 15 is 0 Å². The van der Waals surface area contributed by atoms with E-state index in [1.807, 2.05) is 0 Å². The molecule has 0 aliphatic heterocycles. The quantitative estimate of drug-likeness (QED) is 0.822. The summed E-state index contributed by atoms with van der Waals surface area (Å²) in [6, 6.07) is 3.73. The second-order valence-corrected chi connectivity index (χ2v) is 3.90. The van der Waals surface area contributed by atoms with E-state index in [1.54, 1.807) is 0 Å². The minimum Gasteiger partial charge on any atom is -0.406 e. The molecule has 0 saturated heterocycles. The van der Waals surface area contributed by atoms with Crippen LogP contribution in [0.25, 0.3) is 0 Å². The van der Waals surface area contributed by atoms with Crippen molar-refractivity contribution in [1.82, 2.24) is 5.32 Å². The van der Waals surface area contributed by atoms with E-state index in [0.29, 0.717) is 0 Å². The number of nitrogens with one attached hydrogen (secondary N) is 1. The number of hydrogen-bond acceptors (Lipinski definition) is 3. The molecule has 0 bridgehead atoms. The van der Waals surface area contributed by atoms with Crippen LogP contribution >= 0.6 is 0 Å². The van der Waals surface area contributed by atoms with Gasteiger partial charge >= 0.3 is 12.5 Å². The summed E-state index contributed by atoms with van der Waals surface area (Å²) in [7, 11) is 0. The van der Waals surface area contributed by atoms with Crippen LogP contribution in [0.4, 0.5) is 26.3 Å². The molecule has 0 spiro atoms. The zero-order valence-corrected chi connectivity index (χ0v) is 10.1. The van der Waals surface area contributed by atoms with Crippen LogP contribution in [0, 0.1) is 0 Å². The van der Waals surface area contributed by atoms with Gasteiger partial charge in [0.25, 0.3) is 0 Å². The van der Waals surface area contributed by atoms with E-state index in [-0.39, 0.29) is 12.1 Å². The van der Waals surface area contributed by atoms with Crippen LogP contribution in [0.2, 0.25) is 0 Å². The molecule has 0 radical (unpaired) electrons. The standard InChI is InChI=1S/C11H12F6N2O/c12-10(13,14)6-19-9(5-18)7-2-1-3-8(4-7)20-11(15,16)17/h1-4,9,19H,5-6,18H2. The molecule has 9 heteroatoms. The third-order valence-corrected chi connectivity index (χ3v) is 2.28. The summed E-state index contributed by atoms with van der Waals surface area (Å²) < 4.78 is 76.1. The monoisotopic (exact) mass is 302 g/mol. The highest BCUT2D eigenvalue weighted by molar-refractivity contribution is 5.31. The predicted octanol–water partition coefficient (Wildman–Crippen LogP) is 2.74. The second kappa shape index (κ2) is 6.31. The van der Waals surface area contributed by atoms with Crippen molar-refractivity contribution in [2.45, 2.75) is 18.6 Å². The Morgan fingerprint density at radius 3 is 2.30 bits per heavy atom. The molecule has 0 amide bonds. The van der Waals surface area contributed by atoms with Gasteiger partial charge in [-0.3, -0.25) is 0 Å². The van der Waals surface area contributed by atoms with Crippen LogP contribution in [-0.4, -0.2) is 25.6 Å². The van der Waals surface area contributed by atoms with Gasteiger partial charge in [-0.25, -0.2) is 0 Å². The topological polar surface area (TPSA) is 47.3 Å². The molecular weight excluding hydrogens is 290 g/mol. The van der Waals surface area contributed by atoms with Crippen LogP contribution in [-0.2, 0) is 0 Å². The van der Waals surface area contributed by atoms with Gasteiger partial charge < -0.3 is 15.8 Å². The minimum atomic E-state index is -4.86. The lowest BCUT2D eigenvalue weighted by atomic mass is 10.1. The van der Waals surface area contributed by atoms with E-state index in [0.717, 1.165) is 12.1 Å². The van der Waals surface area contributed by atoms with Crippen molar-refractivity contribution in [3.05, 3.63) is 29.8 Å². The normalized spacial score (nSPS) is 14.2. The number of hydrogen-bond donors (Lipinski definition) is 2. The van der Waals surface area contributed by atoms with Crippen molar-refractivity contribution >= 4 is 0 Å². The summed E-state index contributed by atoms with van der Waals surface area (Å²) in [6.07, 6.45) is -9.30. The molecule has 0 heterocycles. The lowest BCUT2D eigenvalue weighted by Gasteiger charge is -2.19. The summed E-state index contributed by atoms with van der Waals surface area (Å²) >= 11 is 0. The van der Waals surface area contributed by atoms with Gasteiger partial charge in [-0.05, 0) is 17.7 Å². The molecule has 0 aliphatic rings. The Hall–Kier alpha value is -1.48. The molecule has 1 aromatic carbocycles. The molecule has 0 aliphatic carbocycles. The molecule has 0 saturated carbocycles. The SMILES string of the molecule is NCC(NCC(F)(F)F)c1cccc(OC(F)(F)F)c1. The van der Waals surface area contributed by atoms with Crippen LogP contribution in [0.1, 0.15) is 11.6 Å². The highest BCUT2D eigenvalue weighted by Crippen LogP contribution is 2.25. The van der Waals surface area contributed by atoms with E-state index < -0.39 is 30.9 Å². The molecule has 1 aromatic rings. The number of halogens is 6. The summed E-state index contributed by atoms with van der Waals surface area (Å²) in [4.78, 5) is 0. The summed E-state index contributed by atoms with van der Waals surface area (Å²) in [5, 5.41) is 2.13. The van der Waals surface area contributed by atoms with E-state index in [4.69, 9.17) is 5.73 Å². The number of nitrogens with two attached hydrogens (primary N) is 1. The Bertz CT molecular complexity index is 432. The van der Waals surface area contributed by atoms with Crippen molar-refractivity contribution in [3.8, 4) is 5.75 Å². The van der Waals surface area contributed by atoms with E-state index in [9.17, 15) is 26.3 Å². The highest BCUT2D eigenvalue weighted by Gasteiger charge is 2.31. The number of benzene rings is 1. The Balaban J connectivity index is 2.80. The number of alkyl halides is 6. The van der Waals surface area contributed by atoms with E-state index in [2.05, 4.69) is 10.1 Å². The Morgan fingerprint density at radius 1 is 1.15 bits per heavy atom. The minimum absolute atomic E-state index is 0.179. The first kappa shape index (κ1) is 16.6. The van der Waals surface area contributed by atoms with Crippen molar-refractivity contribution in [3.63, 3.8) is 0 Å². The average molecular weight is 302 g/mol. The van der Waals surface area contributed by atoms with Crippen LogP contribution in [0.5, 0.6) is 5.75 Å². The molecule has 20 heavy (non-hydrogen) atoms. The lowest BCUT2D eigenvalue weighted by Crippen LogP contribution is -2.35. The van der Waals surface area contributed by atoms with Crippen molar-refractivity contribution < 1.29 is 31.1 Å². The highest BCUT2D eigenvalue weighted by atomic mass is 19.4. The molecule has 114 valence electrons. The molecule has 0 fully saturated rings. The van der Waals surface area contributed by atoms with Gasteiger partial charge in [0.2, 0.25) is 0 Å². The predicted molar refractivity (Wildman–Crippen MR) is 59.0 cm³/mol. The second-order valence-electron chi connectivity index (χ2n) is 3.90. The molecule has 1 atom stereocenters. The fourth-order valence-corrected chi connectivity index (χ4v) is 1.50. The first-order chi connectivity index (χ1) is 9.11. The van der Waals surface area contributed by atoms with Crippen LogP contribution in [0.15, 0.2) is 24.3 Å². The fraction of sp³-hybridized carbons (Fsp3) is 0.455. The molecule has 0 aromatic heterocycles. The van der Waals surface area contributed by atoms with E-state index in [1.165, 1.54) is 12.1 Å². The third kappa shape index (κ3) is 6.11. The van der Waals surface area contributed by atoms with Crippen LogP contribution in [0.3, 0.4) is 0 Å². The lowest BCUT2D eigenvalue weighted by molar-refractivity contribution is -0.274. The first-order valence-electron chi connectivity index (χ1n) is 5.46. The van der Waals surface area contributed by atoms with Gasteiger partial charge in [-0.15, -0.1) is 13.2 Å². The summed E-state index contributed by atoms with van der Waals surface area (Å²) in [5.74, 6) is -0.512. The molecule has 1 rings (SSSR count). The van der Waals surface area contributed by atoms with Crippen molar-refractivity contribution in [1.29, 1.82) is 0 Å². The van der Waals surface area contributed by atoms with Gasteiger partial charge in [0.1, 0.15) is 5.75 Å². The third-order valence-electron chi connectivity index (χ3n) is 2.28. The summed E-state index contributed by atoms with van der Waals surface area (Å²) in [5.41, 5.74) is 5.50. The maximum absolute atomic E-state index is 12.1. The van der Waals surface area contributed by atoms with Gasteiger partial charge in [0.15, 0.2) is 0 Å². The maximum atomic E-state index is 12.1. The van der Waals surface area contributed by atoms with Gasteiger partial charge in [0, 0.05) is 12.6 Å². The molecular formula is C11H12F6N2O. The Kier molecular flexibility index (Phi) is 5.23. The molecule has 1 unspecified atom stereocenters. The Morgan fingerprint density at radius 2 is 1.80 bits per heavy atom. The van der Waals surface area contributed by atoms with Gasteiger partial charge in [-0.1, -0.05) is 12.1 Å². The smallest absolute Gasteiger partial charge is 0.406 e. The fourth-order valence-electron chi connectivity index (χ4n) is 1.50. The van der Waals surface area contributed by atoms with Crippen LogP contribution < -0.4 is 15.8 Å². The van der Waals surface area contributed by atoms with Crippen molar-refractivity contribution in [2.24, 2.45) is 5.73 Å². The zero-order chi connectivity index (χ0) is 15.4. The summed E-state index contributed by atoms with van der Waals surface area (Å²) in [6.45, 7) is -1.50. The van der Waals surface area contributed by atoms with Gasteiger partial charge in [-0.2, -0.15) is 13.2 Å². The van der Waals surface area contributed by atoms with Crippen molar-refractivity contribution in [2.75, 3.05) is 13.1 Å².